The van der Waals surface area contributed by atoms with Crippen LogP contribution in [0, 0.1) is 34.5 Å². The van der Waals surface area contributed by atoms with E-state index in [0.29, 0.717) is 19.3 Å². The molecule has 4 rings (SSSR count). The largest absolute Gasteiger partial charge is 0.396 e. The molecule has 0 aromatic carbocycles. The zero-order valence-corrected chi connectivity index (χ0v) is 20.6. The zero-order chi connectivity index (χ0) is 24.3. The van der Waals surface area contributed by atoms with Crippen molar-refractivity contribution in [2.45, 2.75) is 78.1 Å². The first-order valence-corrected chi connectivity index (χ1v) is 12.4. The lowest BCUT2D eigenvalue weighted by atomic mass is 9.52. The first-order chi connectivity index (χ1) is 15.3. The van der Waals surface area contributed by atoms with Crippen LogP contribution >= 0.6 is 0 Å². The summed E-state index contributed by atoms with van der Waals surface area (Å²) in [5.74, 6) is -0.0323. The summed E-state index contributed by atoms with van der Waals surface area (Å²) in [7, 11) is 0. The molecule has 0 aliphatic heterocycles. The fourth-order valence-corrected chi connectivity index (χ4v) is 7.14. The molecule has 33 heavy (non-hydrogen) atoms. The van der Waals surface area contributed by atoms with Crippen LogP contribution in [0.2, 0.25) is 0 Å². The van der Waals surface area contributed by atoms with Crippen molar-refractivity contribution in [1.29, 1.82) is 0 Å². The Morgan fingerprint density at radius 2 is 1.88 bits per heavy atom. The number of rotatable bonds is 5. The minimum atomic E-state index is -1.02. The Hall–Kier alpha value is -1.53. The van der Waals surface area contributed by atoms with Crippen molar-refractivity contribution in [3.63, 3.8) is 0 Å². The molecular formula is C28H40O5. The van der Waals surface area contributed by atoms with Gasteiger partial charge in [0.1, 0.15) is 0 Å². The van der Waals surface area contributed by atoms with Crippen LogP contribution in [0.1, 0.15) is 60.3 Å². The van der Waals surface area contributed by atoms with E-state index in [-0.39, 0.29) is 41.5 Å². The van der Waals surface area contributed by atoms with Gasteiger partial charge in [-0.15, -0.1) is 0 Å². The Kier molecular flexibility index (Phi) is 6.18. The summed E-state index contributed by atoms with van der Waals surface area (Å²) >= 11 is 0. The summed E-state index contributed by atoms with van der Waals surface area (Å²) < 4.78 is 0. The number of carbonyl (C=O) groups is 1. The second kappa shape index (κ2) is 8.30. The highest BCUT2D eigenvalue weighted by molar-refractivity contribution is 5.92. The van der Waals surface area contributed by atoms with Crippen LogP contribution in [0.5, 0.6) is 0 Å². The van der Waals surface area contributed by atoms with Crippen LogP contribution in [0.3, 0.4) is 0 Å². The second-order valence-corrected chi connectivity index (χ2v) is 11.8. The fourth-order valence-electron chi connectivity index (χ4n) is 7.14. The Morgan fingerprint density at radius 3 is 2.52 bits per heavy atom. The lowest BCUT2D eigenvalue weighted by Crippen LogP contribution is -2.49. The molecule has 4 aliphatic carbocycles. The van der Waals surface area contributed by atoms with Gasteiger partial charge in [-0.25, -0.2) is 0 Å². The predicted octanol–water partition coefficient (Wildman–Crippen LogP) is 3.49. The monoisotopic (exact) mass is 456 g/mol. The second-order valence-electron chi connectivity index (χ2n) is 11.8. The van der Waals surface area contributed by atoms with E-state index < -0.39 is 23.2 Å². The molecule has 0 heterocycles. The van der Waals surface area contributed by atoms with Gasteiger partial charge in [0.05, 0.1) is 24.4 Å². The predicted molar refractivity (Wildman–Crippen MR) is 128 cm³/mol. The van der Waals surface area contributed by atoms with Gasteiger partial charge in [-0.1, -0.05) is 45.1 Å². The van der Waals surface area contributed by atoms with Crippen molar-refractivity contribution in [1.82, 2.24) is 0 Å². The van der Waals surface area contributed by atoms with Gasteiger partial charge in [-0.2, -0.15) is 0 Å². The van der Waals surface area contributed by atoms with E-state index in [4.69, 9.17) is 0 Å². The Bertz CT molecular complexity index is 934. The summed E-state index contributed by atoms with van der Waals surface area (Å²) in [6.07, 6.45) is 11.1. The molecule has 1 fully saturated rings. The highest BCUT2D eigenvalue weighted by atomic mass is 16.3. The molecule has 0 aromatic rings. The number of ketones is 1. The molecule has 0 bridgehead atoms. The number of carbonyl (C=O) groups excluding carboxylic acids is 1. The standard InChI is InChI=1S/C28H40O5/c1-16(6-7-18(15-29)26(2,3)33)21-13-23(31)25-20-9-8-17-12-19(30)10-11-27(17,4)22(20)14-24(32)28(21,25)5/h6-9,12,16,18,21-24,29,31-33H,10-11,13-15H2,1-5H3/b7-6+/t16-,18-,21-,22+,23+,24-,27+,28+/m1/s1. The van der Waals surface area contributed by atoms with E-state index in [2.05, 4.69) is 26.8 Å². The molecule has 182 valence electrons. The van der Waals surface area contributed by atoms with Crippen LogP contribution in [0.15, 0.2) is 47.1 Å². The summed E-state index contributed by atoms with van der Waals surface area (Å²) in [6.45, 7) is 9.62. The first-order valence-electron chi connectivity index (χ1n) is 12.4. The summed E-state index contributed by atoms with van der Waals surface area (Å²) in [6, 6.07) is 0. The number of hydrogen-bond acceptors (Lipinski definition) is 5. The molecule has 4 N–H and O–H groups in total. The smallest absolute Gasteiger partial charge is 0.156 e. The highest BCUT2D eigenvalue weighted by Gasteiger charge is 2.59. The van der Waals surface area contributed by atoms with Gasteiger partial charge in [0.25, 0.3) is 0 Å². The molecule has 0 saturated heterocycles. The molecule has 5 heteroatoms. The quantitative estimate of drug-likeness (QED) is 0.475. The molecule has 5 nitrogen and oxygen atoms in total. The lowest BCUT2D eigenvalue weighted by molar-refractivity contribution is -0.116. The third-order valence-corrected chi connectivity index (χ3v) is 9.46. The molecule has 8 atom stereocenters. The van der Waals surface area contributed by atoms with E-state index in [1.54, 1.807) is 19.9 Å². The Morgan fingerprint density at radius 1 is 1.18 bits per heavy atom. The molecule has 0 amide bonds. The minimum absolute atomic E-state index is 0.0365. The van der Waals surface area contributed by atoms with Gasteiger partial charge in [0.15, 0.2) is 5.78 Å². The van der Waals surface area contributed by atoms with E-state index in [1.807, 2.05) is 18.2 Å². The van der Waals surface area contributed by atoms with Crippen LogP contribution in [0.25, 0.3) is 0 Å². The van der Waals surface area contributed by atoms with Crippen LogP contribution in [-0.2, 0) is 4.79 Å². The lowest BCUT2D eigenvalue weighted by Gasteiger charge is -2.53. The van der Waals surface area contributed by atoms with Crippen molar-refractivity contribution in [3.05, 3.63) is 47.1 Å². The molecule has 4 aliphatic rings. The van der Waals surface area contributed by atoms with Gasteiger partial charge in [0.2, 0.25) is 0 Å². The number of aliphatic hydroxyl groups is 4. The molecule has 0 unspecified atom stereocenters. The van der Waals surface area contributed by atoms with Crippen LogP contribution in [-0.4, -0.2) is 50.6 Å². The van der Waals surface area contributed by atoms with E-state index in [9.17, 15) is 25.2 Å². The summed E-state index contributed by atoms with van der Waals surface area (Å²) in [5, 5.41) is 42.8. The average molecular weight is 457 g/mol. The molecule has 0 aromatic heterocycles. The molecule has 0 radical (unpaired) electrons. The van der Waals surface area contributed by atoms with Gasteiger partial charge in [0, 0.05) is 17.8 Å². The summed E-state index contributed by atoms with van der Waals surface area (Å²) in [5.41, 5.74) is 1.39. The van der Waals surface area contributed by atoms with Gasteiger partial charge in [-0.05, 0) is 79.1 Å². The van der Waals surface area contributed by atoms with Crippen molar-refractivity contribution in [3.8, 4) is 0 Å². The van der Waals surface area contributed by atoms with Gasteiger partial charge < -0.3 is 20.4 Å². The van der Waals surface area contributed by atoms with Crippen molar-refractivity contribution in [2.75, 3.05) is 6.61 Å². The first kappa shape index (κ1) is 24.6. The van der Waals surface area contributed by atoms with Crippen LogP contribution in [0.4, 0.5) is 0 Å². The van der Waals surface area contributed by atoms with E-state index in [0.717, 1.165) is 23.1 Å². The SMILES string of the molecule is C[C@H](/C=C/[C@H](CO)C(C)(C)O)[C@H]1C[C@H](O)C2=C3C=CC4=CC(=O)CC[C@]4(C)[C@H]3C[C@@H](O)[C@@]21C. The third-order valence-electron chi connectivity index (χ3n) is 9.46. The minimum Gasteiger partial charge on any atom is -0.396 e. The number of hydrogen-bond donors (Lipinski definition) is 4. The maximum atomic E-state index is 12.0. The normalized spacial score (nSPS) is 40.4. The topological polar surface area (TPSA) is 98.0 Å². The Labute approximate surface area is 197 Å². The number of aliphatic hydroxyl groups excluding tert-OH is 3. The van der Waals surface area contributed by atoms with E-state index >= 15 is 0 Å². The van der Waals surface area contributed by atoms with Gasteiger partial charge >= 0.3 is 0 Å². The zero-order valence-electron chi connectivity index (χ0n) is 20.6. The van der Waals surface area contributed by atoms with Crippen LogP contribution < -0.4 is 0 Å². The molecule has 0 spiro atoms. The summed E-state index contributed by atoms with van der Waals surface area (Å²) in [4.78, 5) is 12.0. The average Bonchev–Trinajstić information content (AvgIpc) is 3.01. The fraction of sp³-hybridized carbons (Fsp3) is 0.679. The number of fused-ring (bicyclic) bond motifs is 4. The van der Waals surface area contributed by atoms with Gasteiger partial charge in [-0.3, -0.25) is 4.79 Å². The maximum absolute atomic E-state index is 12.0. The molecule has 1 saturated carbocycles. The third kappa shape index (κ3) is 3.81. The maximum Gasteiger partial charge on any atom is 0.156 e. The van der Waals surface area contributed by atoms with Crippen molar-refractivity contribution >= 4 is 5.78 Å². The van der Waals surface area contributed by atoms with Crippen molar-refractivity contribution in [2.24, 2.45) is 34.5 Å². The molecular weight excluding hydrogens is 416 g/mol. The highest BCUT2D eigenvalue weighted by Crippen LogP contribution is 2.63. The van der Waals surface area contributed by atoms with E-state index in [1.165, 1.54) is 0 Å². The number of allylic oxidation sites excluding steroid dienone is 6. The van der Waals surface area contributed by atoms with Crippen molar-refractivity contribution < 1.29 is 25.2 Å². The Balaban J connectivity index is 1.72.